The van der Waals surface area contributed by atoms with E-state index in [2.05, 4.69) is 11.7 Å². The number of hydrogen-bond donors (Lipinski definition) is 1. The average Bonchev–Trinajstić information content (AvgIpc) is 3.08. The molecular formula is C15H23N3O6S. The van der Waals surface area contributed by atoms with Gasteiger partial charge in [-0.15, -0.1) is 0 Å². The van der Waals surface area contributed by atoms with Gasteiger partial charge < -0.3 is 14.7 Å². The summed E-state index contributed by atoms with van der Waals surface area (Å²) in [6, 6.07) is -0.329. The maximum atomic E-state index is 12.3. The lowest BCUT2D eigenvalue weighted by Gasteiger charge is -2.23. The Bertz CT molecular complexity index is 730. The molecule has 140 valence electrons. The Morgan fingerprint density at radius 1 is 1.56 bits per heavy atom. The molecular weight excluding hydrogens is 350 g/mol. The molecule has 0 unspecified atom stereocenters. The molecule has 9 nitrogen and oxygen atoms in total. The number of carbonyl (C=O) groups excluding carboxylic acids is 1. The Balaban J connectivity index is 2.19. The topological polar surface area (TPSA) is 111 Å². The zero-order valence-electron chi connectivity index (χ0n) is 14.3. The van der Waals surface area contributed by atoms with Crippen LogP contribution >= 0.6 is 0 Å². The first kappa shape index (κ1) is 19.4. The SMILES string of the molecule is C=CCOC(=O)N1C[C@H](OS(C)(=O)=O)C[C@H]1Cc1c(CO)cnn1C. The van der Waals surface area contributed by atoms with E-state index in [1.165, 1.54) is 11.0 Å². The molecule has 25 heavy (non-hydrogen) atoms. The highest BCUT2D eigenvalue weighted by molar-refractivity contribution is 7.86. The molecule has 0 radical (unpaired) electrons. The number of hydrogen-bond acceptors (Lipinski definition) is 7. The minimum atomic E-state index is -3.63. The Labute approximate surface area is 146 Å². The second-order valence-corrected chi connectivity index (χ2v) is 7.53. The quantitative estimate of drug-likeness (QED) is 0.537. The standard InChI is InChI=1S/C15H23N3O6S/c1-4-5-23-15(20)18-9-13(24-25(3,21)22)6-12(18)7-14-11(10-19)8-16-17(14)2/h4,8,12-13,19H,1,5-7,9-10H2,2-3H3/t12-,13+/m0/s1. The first-order valence-electron chi connectivity index (χ1n) is 7.78. The summed E-state index contributed by atoms with van der Waals surface area (Å²) in [6.45, 7) is 3.50. The van der Waals surface area contributed by atoms with Crippen molar-refractivity contribution in [2.45, 2.75) is 31.6 Å². The minimum absolute atomic E-state index is 0.0628. The van der Waals surface area contributed by atoms with Gasteiger partial charge >= 0.3 is 6.09 Å². The van der Waals surface area contributed by atoms with Gasteiger partial charge in [0.1, 0.15) is 6.61 Å². The third-order valence-electron chi connectivity index (χ3n) is 3.99. The zero-order chi connectivity index (χ0) is 18.6. The van der Waals surface area contributed by atoms with Crippen LogP contribution in [0.5, 0.6) is 0 Å². The van der Waals surface area contributed by atoms with Crippen molar-refractivity contribution in [1.29, 1.82) is 0 Å². The molecule has 1 aromatic heterocycles. The van der Waals surface area contributed by atoms with Crippen LogP contribution in [0.1, 0.15) is 17.7 Å². The molecule has 2 rings (SSSR count). The van der Waals surface area contributed by atoms with Crippen molar-refractivity contribution in [3.8, 4) is 0 Å². The summed E-state index contributed by atoms with van der Waals surface area (Å²) >= 11 is 0. The Morgan fingerprint density at radius 3 is 2.88 bits per heavy atom. The average molecular weight is 373 g/mol. The zero-order valence-corrected chi connectivity index (χ0v) is 15.1. The number of aromatic nitrogens is 2. The van der Waals surface area contributed by atoms with Crippen LogP contribution in [-0.2, 0) is 39.1 Å². The fourth-order valence-electron chi connectivity index (χ4n) is 2.95. The van der Waals surface area contributed by atoms with E-state index in [1.54, 1.807) is 17.9 Å². The first-order valence-corrected chi connectivity index (χ1v) is 9.60. The normalized spacial score (nSPS) is 20.7. The van der Waals surface area contributed by atoms with Crippen LogP contribution in [0.3, 0.4) is 0 Å². The first-order chi connectivity index (χ1) is 11.7. The monoisotopic (exact) mass is 373 g/mol. The summed E-state index contributed by atoms with van der Waals surface area (Å²) in [6.07, 6.45) is 3.55. The van der Waals surface area contributed by atoms with E-state index in [0.29, 0.717) is 18.4 Å². The van der Waals surface area contributed by atoms with E-state index in [4.69, 9.17) is 8.92 Å². The predicted octanol–water partition coefficient (Wildman–Crippen LogP) is 0.197. The van der Waals surface area contributed by atoms with E-state index in [9.17, 15) is 18.3 Å². The second-order valence-electron chi connectivity index (χ2n) is 5.93. The fraction of sp³-hybridized carbons (Fsp3) is 0.600. The molecule has 0 spiro atoms. The van der Waals surface area contributed by atoms with Crippen LogP contribution in [0.4, 0.5) is 4.79 Å². The van der Waals surface area contributed by atoms with Gasteiger partial charge in [0.25, 0.3) is 10.1 Å². The van der Waals surface area contributed by atoms with Gasteiger partial charge in [-0.05, 0) is 6.42 Å². The van der Waals surface area contributed by atoms with Crippen molar-refractivity contribution in [3.05, 3.63) is 30.1 Å². The summed E-state index contributed by atoms with van der Waals surface area (Å²) in [5.41, 5.74) is 1.43. The van der Waals surface area contributed by atoms with Crippen LogP contribution in [0.2, 0.25) is 0 Å². The lowest BCUT2D eigenvalue weighted by molar-refractivity contribution is 0.104. The molecule has 1 aliphatic rings. The number of carbonyl (C=O) groups is 1. The highest BCUT2D eigenvalue weighted by atomic mass is 32.2. The van der Waals surface area contributed by atoms with Crippen molar-refractivity contribution in [2.24, 2.45) is 7.05 Å². The number of likely N-dealkylation sites (tertiary alicyclic amines) is 1. The molecule has 1 N–H and O–H groups in total. The molecule has 1 amide bonds. The molecule has 2 atom stereocenters. The van der Waals surface area contributed by atoms with Crippen LogP contribution in [0.15, 0.2) is 18.9 Å². The Hall–Kier alpha value is -1.91. The second kappa shape index (κ2) is 7.98. The molecule has 1 aliphatic heterocycles. The largest absolute Gasteiger partial charge is 0.445 e. The van der Waals surface area contributed by atoms with Gasteiger partial charge in [0.2, 0.25) is 0 Å². The summed E-state index contributed by atoms with van der Waals surface area (Å²) in [5, 5.41) is 13.5. The summed E-state index contributed by atoms with van der Waals surface area (Å²) in [4.78, 5) is 13.7. The fourth-order valence-corrected chi connectivity index (χ4v) is 3.58. The van der Waals surface area contributed by atoms with Crippen molar-refractivity contribution >= 4 is 16.2 Å². The molecule has 0 bridgehead atoms. The number of aryl methyl sites for hydroxylation is 1. The number of rotatable bonds is 7. The van der Waals surface area contributed by atoms with Crippen molar-refractivity contribution in [3.63, 3.8) is 0 Å². The highest BCUT2D eigenvalue weighted by Gasteiger charge is 2.39. The lowest BCUT2D eigenvalue weighted by atomic mass is 10.1. The molecule has 10 heteroatoms. The Kier molecular flexibility index (Phi) is 6.20. The number of amides is 1. The third-order valence-corrected chi connectivity index (χ3v) is 4.62. The molecule has 1 fully saturated rings. The summed E-state index contributed by atoms with van der Waals surface area (Å²) < 4.78 is 34.6. The van der Waals surface area contributed by atoms with E-state index < -0.39 is 22.3 Å². The number of aliphatic hydroxyl groups is 1. The molecule has 0 aromatic carbocycles. The van der Waals surface area contributed by atoms with Crippen LogP contribution in [0.25, 0.3) is 0 Å². The van der Waals surface area contributed by atoms with E-state index in [1.807, 2.05) is 0 Å². The lowest BCUT2D eigenvalue weighted by Crippen LogP contribution is -2.38. The molecule has 2 heterocycles. The molecule has 0 aliphatic carbocycles. The van der Waals surface area contributed by atoms with Crippen LogP contribution < -0.4 is 0 Å². The van der Waals surface area contributed by atoms with Gasteiger partial charge in [-0.2, -0.15) is 13.5 Å². The molecule has 1 saturated heterocycles. The van der Waals surface area contributed by atoms with E-state index in [-0.39, 0.29) is 25.8 Å². The van der Waals surface area contributed by atoms with E-state index in [0.717, 1.165) is 11.9 Å². The van der Waals surface area contributed by atoms with Gasteiger partial charge in [-0.1, -0.05) is 12.7 Å². The summed E-state index contributed by atoms with van der Waals surface area (Å²) in [7, 11) is -1.89. The number of nitrogens with zero attached hydrogens (tertiary/aromatic N) is 3. The van der Waals surface area contributed by atoms with Gasteiger partial charge in [0.15, 0.2) is 0 Å². The van der Waals surface area contributed by atoms with Gasteiger partial charge in [0.05, 0.1) is 31.7 Å². The summed E-state index contributed by atoms with van der Waals surface area (Å²) in [5.74, 6) is 0. The van der Waals surface area contributed by atoms with Crippen LogP contribution in [0, 0.1) is 0 Å². The maximum absolute atomic E-state index is 12.3. The van der Waals surface area contributed by atoms with Crippen molar-refractivity contribution in [1.82, 2.24) is 14.7 Å². The maximum Gasteiger partial charge on any atom is 0.410 e. The van der Waals surface area contributed by atoms with Gasteiger partial charge in [-0.3, -0.25) is 8.86 Å². The highest BCUT2D eigenvalue weighted by Crippen LogP contribution is 2.26. The smallest absolute Gasteiger partial charge is 0.410 e. The van der Waals surface area contributed by atoms with E-state index >= 15 is 0 Å². The van der Waals surface area contributed by atoms with Gasteiger partial charge in [0, 0.05) is 30.8 Å². The minimum Gasteiger partial charge on any atom is -0.445 e. The number of aliphatic hydroxyl groups excluding tert-OH is 1. The predicted molar refractivity (Wildman–Crippen MR) is 89.2 cm³/mol. The Morgan fingerprint density at radius 2 is 2.28 bits per heavy atom. The molecule has 0 saturated carbocycles. The third kappa shape index (κ3) is 5.03. The molecule has 1 aromatic rings. The van der Waals surface area contributed by atoms with Gasteiger partial charge in [-0.25, -0.2) is 4.79 Å². The van der Waals surface area contributed by atoms with Crippen molar-refractivity contribution in [2.75, 3.05) is 19.4 Å². The van der Waals surface area contributed by atoms with Crippen molar-refractivity contribution < 1.29 is 27.2 Å². The van der Waals surface area contributed by atoms with Crippen LogP contribution in [-0.4, -0.2) is 65.9 Å². The number of ether oxygens (including phenoxy) is 1.